The van der Waals surface area contributed by atoms with Crippen LogP contribution in [0.3, 0.4) is 0 Å². The summed E-state index contributed by atoms with van der Waals surface area (Å²) in [5.41, 5.74) is 2.54. The zero-order chi connectivity index (χ0) is 21.3. The summed E-state index contributed by atoms with van der Waals surface area (Å²) in [5, 5.41) is 1.70. The fourth-order valence-electron chi connectivity index (χ4n) is 3.45. The van der Waals surface area contributed by atoms with E-state index >= 15 is 0 Å². The summed E-state index contributed by atoms with van der Waals surface area (Å²) >= 11 is 0. The lowest BCUT2D eigenvalue weighted by molar-refractivity contribution is -0.117. The summed E-state index contributed by atoms with van der Waals surface area (Å²) in [7, 11) is -3.73. The van der Waals surface area contributed by atoms with Crippen LogP contribution in [-0.2, 0) is 25.8 Å². The van der Waals surface area contributed by atoms with E-state index in [1.54, 1.807) is 24.0 Å². The summed E-state index contributed by atoms with van der Waals surface area (Å²) in [6.45, 7) is 5.15. The molecule has 2 aromatic carbocycles. The molecule has 154 valence electrons. The van der Waals surface area contributed by atoms with Crippen LogP contribution in [0.2, 0.25) is 0 Å². The fraction of sp³-hybridized carbons (Fsp3) is 0.333. The van der Waals surface area contributed by atoms with E-state index in [-0.39, 0.29) is 17.2 Å². The van der Waals surface area contributed by atoms with Crippen LogP contribution in [0.4, 0.5) is 15.8 Å². The van der Waals surface area contributed by atoms with Crippen molar-refractivity contribution in [1.82, 2.24) is 0 Å². The number of benzene rings is 2. The van der Waals surface area contributed by atoms with Crippen molar-refractivity contribution >= 4 is 33.0 Å². The molecule has 29 heavy (non-hydrogen) atoms. The zero-order valence-corrected chi connectivity index (χ0v) is 17.3. The van der Waals surface area contributed by atoms with E-state index in [9.17, 15) is 22.4 Å². The molecule has 1 aliphatic heterocycles. The first-order valence-corrected chi connectivity index (χ1v) is 10.8. The number of sulfone groups is 1. The number of rotatable bonds is 5. The number of halogens is 1. The Kier molecular flexibility index (Phi) is 5.75. The molecule has 1 heterocycles. The zero-order valence-electron chi connectivity index (χ0n) is 16.5. The van der Waals surface area contributed by atoms with Gasteiger partial charge < -0.3 is 10.2 Å². The predicted octanol–water partition coefficient (Wildman–Crippen LogP) is 3.23. The molecule has 0 fully saturated rings. The Morgan fingerprint density at radius 1 is 1.21 bits per heavy atom. The molecule has 2 amide bonds. The van der Waals surface area contributed by atoms with Gasteiger partial charge in [0.15, 0.2) is 9.84 Å². The Hall–Kier alpha value is -2.74. The van der Waals surface area contributed by atoms with Crippen LogP contribution in [0.15, 0.2) is 41.3 Å². The highest BCUT2D eigenvalue weighted by Gasteiger charge is 2.29. The van der Waals surface area contributed by atoms with Gasteiger partial charge >= 0.3 is 0 Å². The number of carbonyl (C=O) groups excluding carboxylic acids is 2. The third-order valence-electron chi connectivity index (χ3n) is 5.12. The van der Waals surface area contributed by atoms with E-state index in [0.29, 0.717) is 24.2 Å². The second kappa shape index (κ2) is 7.94. The Balaban J connectivity index is 1.74. The third-order valence-corrected chi connectivity index (χ3v) is 7.26. The minimum Gasteiger partial charge on any atom is -0.326 e. The Morgan fingerprint density at radius 2 is 1.93 bits per heavy atom. The minimum atomic E-state index is -3.73. The first-order chi connectivity index (χ1) is 13.6. The second-order valence-electron chi connectivity index (χ2n) is 7.28. The van der Waals surface area contributed by atoms with E-state index in [1.807, 2.05) is 0 Å². The molecule has 0 unspecified atom stereocenters. The second-order valence-corrected chi connectivity index (χ2v) is 9.64. The van der Waals surface area contributed by atoms with E-state index in [4.69, 9.17) is 0 Å². The third kappa shape index (κ3) is 4.32. The van der Waals surface area contributed by atoms with Gasteiger partial charge in [-0.1, -0.05) is 0 Å². The maximum Gasteiger partial charge on any atom is 0.225 e. The first kappa shape index (κ1) is 21.0. The lowest BCUT2D eigenvalue weighted by atomic mass is 10.2. The van der Waals surface area contributed by atoms with Crippen molar-refractivity contribution in [3.8, 4) is 0 Å². The molecule has 0 saturated carbocycles. The summed E-state index contributed by atoms with van der Waals surface area (Å²) in [4.78, 5) is 25.7. The van der Waals surface area contributed by atoms with Crippen LogP contribution < -0.4 is 10.2 Å². The molecular weight excluding hydrogens is 395 g/mol. The van der Waals surface area contributed by atoms with Gasteiger partial charge in [-0.05, 0) is 67.8 Å². The molecule has 0 aliphatic carbocycles. The molecule has 0 radical (unpaired) electrons. The highest BCUT2D eigenvalue weighted by molar-refractivity contribution is 7.92. The number of nitrogens with zero attached hydrogens (tertiary/aromatic N) is 1. The maximum absolute atomic E-state index is 13.2. The van der Waals surface area contributed by atoms with Crippen molar-refractivity contribution in [2.45, 2.75) is 43.8 Å². The van der Waals surface area contributed by atoms with Crippen molar-refractivity contribution in [2.24, 2.45) is 0 Å². The van der Waals surface area contributed by atoms with Gasteiger partial charge in [0.05, 0.1) is 10.1 Å². The number of anilines is 2. The molecular formula is C21H23FN2O4S. The van der Waals surface area contributed by atoms with Gasteiger partial charge in [0.25, 0.3) is 0 Å². The largest absolute Gasteiger partial charge is 0.326 e. The van der Waals surface area contributed by atoms with E-state index in [0.717, 1.165) is 11.3 Å². The maximum atomic E-state index is 13.2. The summed E-state index contributed by atoms with van der Waals surface area (Å²) < 4.78 is 39.1. The highest BCUT2D eigenvalue weighted by Crippen LogP contribution is 2.31. The molecule has 0 saturated heterocycles. The lowest BCUT2D eigenvalue weighted by Crippen LogP contribution is -2.26. The molecule has 2 aromatic rings. The smallest absolute Gasteiger partial charge is 0.225 e. The van der Waals surface area contributed by atoms with Gasteiger partial charge in [-0.25, -0.2) is 12.8 Å². The van der Waals surface area contributed by atoms with Crippen LogP contribution in [-0.4, -0.2) is 32.0 Å². The van der Waals surface area contributed by atoms with Crippen LogP contribution in [0.5, 0.6) is 0 Å². The normalized spacial score (nSPS) is 14.4. The Morgan fingerprint density at radius 3 is 2.59 bits per heavy atom. The fourth-order valence-corrected chi connectivity index (χ4v) is 4.85. The van der Waals surface area contributed by atoms with Crippen molar-refractivity contribution in [2.75, 3.05) is 16.8 Å². The Labute approximate surface area is 169 Å². The molecule has 0 spiro atoms. The molecule has 8 heteroatoms. The highest BCUT2D eigenvalue weighted by atomic mass is 32.2. The minimum absolute atomic E-state index is 0.0829. The quantitative estimate of drug-likeness (QED) is 0.808. The number of hydrogen-bond donors (Lipinski definition) is 1. The van der Waals surface area contributed by atoms with E-state index in [2.05, 4.69) is 5.32 Å². The van der Waals surface area contributed by atoms with Crippen LogP contribution in [0, 0.1) is 12.7 Å². The average Bonchev–Trinajstić information content (AvgIpc) is 3.07. The van der Waals surface area contributed by atoms with Crippen molar-refractivity contribution < 1.29 is 22.4 Å². The number of fused-ring (bicyclic) bond motifs is 1. The van der Waals surface area contributed by atoms with Crippen molar-refractivity contribution in [1.29, 1.82) is 0 Å². The molecule has 0 bridgehead atoms. The van der Waals surface area contributed by atoms with Crippen LogP contribution >= 0.6 is 0 Å². The molecule has 6 nitrogen and oxygen atoms in total. The summed E-state index contributed by atoms with van der Waals surface area (Å²) in [6.07, 6.45) is 0.368. The standard InChI is InChI=1S/C21H23FN2O4S/c1-13-10-17(22)4-6-19(13)23-21(26)11-14(2)29(27,28)18-5-7-20-16(12-18)8-9-24(20)15(3)25/h4-7,10,12,14H,8-9,11H2,1-3H3,(H,23,26)/t14-/m0/s1. The number of amides is 2. The molecule has 0 aromatic heterocycles. The Bertz CT molecular complexity index is 1080. The monoisotopic (exact) mass is 418 g/mol. The summed E-state index contributed by atoms with van der Waals surface area (Å²) in [6, 6.07) is 8.69. The van der Waals surface area contributed by atoms with Gasteiger partial charge in [-0.3, -0.25) is 9.59 Å². The summed E-state index contributed by atoms with van der Waals surface area (Å²) in [5.74, 6) is -0.948. The van der Waals surface area contributed by atoms with Gasteiger partial charge in [0, 0.05) is 31.3 Å². The lowest BCUT2D eigenvalue weighted by Gasteiger charge is -2.17. The number of hydrogen-bond acceptors (Lipinski definition) is 4. The predicted molar refractivity (Wildman–Crippen MR) is 109 cm³/mol. The van der Waals surface area contributed by atoms with Crippen LogP contribution in [0.25, 0.3) is 0 Å². The first-order valence-electron chi connectivity index (χ1n) is 9.30. The molecule has 1 atom stereocenters. The molecule has 3 rings (SSSR count). The number of nitrogens with one attached hydrogen (secondary N) is 1. The molecule has 1 N–H and O–H groups in total. The van der Waals surface area contributed by atoms with Gasteiger partial charge in [-0.15, -0.1) is 0 Å². The van der Waals surface area contributed by atoms with Crippen molar-refractivity contribution in [3.63, 3.8) is 0 Å². The average molecular weight is 418 g/mol. The van der Waals surface area contributed by atoms with Gasteiger partial charge in [0.1, 0.15) is 5.82 Å². The number of aryl methyl sites for hydroxylation is 1. The molecule has 1 aliphatic rings. The topological polar surface area (TPSA) is 83.6 Å². The van der Waals surface area contributed by atoms with Gasteiger partial charge in [0.2, 0.25) is 11.8 Å². The van der Waals surface area contributed by atoms with Crippen LogP contribution in [0.1, 0.15) is 31.4 Å². The van der Waals surface area contributed by atoms with Gasteiger partial charge in [-0.2, -0.15) is 0 Å². The SMILES string of the molecule is CC(=O)N1CCc2cc(S(=O)(=O)[C@@H](C)CC(=O)Nc3ccc(F)cc3C)ccc21. The number of carbonyl (C=O) groups is 2. The van der Waals surface area contributed by atoms with Crippen molar-refractivity contribution in [3.05, 3.63) is 53.3 Å². The van der Waals surface area contributed by atoms with E-state index in [1.165, 1.54) is 38.1 Å². The van der Waals surface area contributed by atoms with E-state index < -0.39 is 26.8 Å².